The fraction of sp³-hybridized carbons (Fsp3) is 1.00. The third-order valence-corrected chi connectivity index (χ3v) is 2.05. The standard InChI is InChI=1S/C9H17F3/c1-4-8(9(10,11)12)6-5-7(2)3/h7-8H,4-6H2,1-3H3. The third-order valence-electron chi connectivity index (χ3n) is 2.05. The molecule has 12 heavy (non-hydrogen) atoms. The van der Waals surface area contributed by atoms with Crippen molar-refractivity contribution < 1.29 is 13.2 Å². The summed E-state index contributed by atoms with van der Waals surface area (Å²) in [4.78, 5) is 0. The Kier molecular flexibility index (Phi) is 4.64. The Morgan fingerprint density at radius 1 is 1.08 bits per heavy atom. The molecule has 0 amide bonds. The van der Waals surface area contributed by atoms with E-state index in [2.05, 4.69) is 0 Å². The first-order valence-corrected chi connectivity index (χ1v) is 4.44. The Bertz CT molecular complexity index is 115. The second-order valence-corrected chi connectivity index (χ2v) is 3.62. The molecule has 74 valence electrons. The van der Waals surface area contributed by atoms with Crippen LogP contribution in [0.3, 0.4) is 0 Å². The van der Waals surface area contributed by atoms with E-state index in [0.29, 0.717) is 12.3 Å². The monoisotopic (exact) mass is 182 g/mol. The number of hydrogen-bond acceptors (Lipinski definition) is 0. The first-order chi connectivity index (χ1) is 5.38. The van der Waals surface area contributed by atoms with Crippen LogP contribution < -0.4 is 0 Å². The van der Waals surface area contributed by atoms with Crippen molar-refractivity contribution in [3.63, 3.8) is 0 Å². The highest BCUT2D eigenvalue weighted by Gasteiger charge is 2.37. The highest BCUT2D eigenvalue weighted by atomic mass is 19.4. The second kappa shape index (κ2) is 4.73. The van der Waals surface area contributed by atoms with Crippen LogP contribution >= 0.6 is 0 Å². The van der Waals surface area contributed by atoms with E-state index in [9.17, 15) is 13.2 Å². The van der Waals surface area contributed by atoms with Gasteiger partial charge in [0.25, 0.3) is 0 Å². The van der Waals surface area contributed by atoms with Crippen LogP contribution in [-0.4, -0.2) is 6.18 Å². The van der Waals surface area contributed by atoms with Crippen molar-refractivity contribution in [2.45, 2.75) is 46.2 Å². The molecule has 0 aliphatic heterocycles. The zero-order valence-corrected chi connectivity index (χ0v) is 7.91. The summed E-state index contributed by atoms with van der Waals surface area (Å²) in [6.45, 7) is 5.49. The minimum Gasteiger partial charge on any atom is -0.171 e. The Hall–Kier alpha value is -0.210. The van der Waals surface area contributed by atoms with Crippen molar-refractivity contribution in [1.82, 2.24) is 0 Å². The molecule has 0 saturated heterocycles. The van der Waals surface area contributed by atoms with Gasteiger partial charge in [0.1, 0.15) is 0 Å². The maximum Gasteiger partial charge on any atom is 0.391 e. The Labute approximate surface area is 72.2 Å². The van der Waals surface area contributed by atoms with Crippen molar-refractivity contribution in [3.8, 4) is 0 Å². The van der Waals surface area contributed by atoms with Gasteiger partial charge in [-0.2, -0.15) is 13.2 Å². The average Bonchev–Trinajstić information content (AvgIpc) is 1.85. The van der Waals surface area contributed by atoms with Gasteiger partial charge in [-0.1, -0.05) is 27.2 Å². The third kappa shape index (κ3) is 4.62. The number of hydrogen-bond donors (Lipinski definition) is 0. The van der Waals surface area contributed by atoms with Gasteiger partial charge in [0.15, 0.2) is 0 Å². The molecule has 3 heteroatoms. The maximum atomic E-state index is 12.2. The summed E-state index contributed by atoms with van der Waals surface area (Å²) in [6, 6.07) is 0. The maximum absolute atomic E-state index is 12.2. The summed E-state index contributed by atoms with van der Waals surface area (Å²) in [5, 5.41) is 0. The lowest BCUT2D eigenvalue weighted by Gasteiger charge is -2.19. The molecule has 0 saturated carbocycles. The lowest BCUT2D eigenvalue weighted by molar-refractivity contribution is -0.177. The van der Waals surface area contributed by atoms with E-state index in [-0.39, 0.29) is 12.8 Å². The number of halogens is 3. The molecule has 0 aromatic rings. The molecule has 0 nitrogen and oxygen atoms in total. The Morgan fingerprint density at radius 2 is 1.58 bits per heavy atom. The quantitative estimate of drug-likeness (QED) is 0.616. The van der Waals surface area contributed by atoms with Crippen molar-refractivity contribution >= 4 is 0 Å². The zero-order chi connectivity index (χ0) is 9.78. The van der Waals surface area contributed by atoms with Crippen LogP contribution in [0.15, 0.2) is 0 Å². The summed E-state index contributed by atoms with van der Waals surface area (Å²) >= 11 is 0. The van der Waals surface area contributed by atoms with Gasteiger partial charge in [0, 0.05) is 0 Å². The second-order valence-electron chi connectivity index (χ2n) is 3.62. The van der Waals surface area contributed by atoms with Crippen molar-refractivity contribution in [2.75, 3.05) is 0 Å². The molecule has 0 aromatic carbocycles. The lowest BCUT2D eigenvalue weighted by Crippen LogP contribution is -2.22. The molecular formula is C9H17F3. The molecule has 0 aliphatic carbocycles. The van der Waals surface area contributed by atoms with Crippen LogP contribution in [-0.2, 0) is 0 Å². The summed E-state index contributed by atoms with van der Waals surface area (Å²) < 4.78 is 36.5. The largest absolute Gasteiger partial charge is 0.391 e. The van der Waals surface area contributed by atoms with E-state index in [4.69, 9.17) is 0 Å². The first kappa shape index (κ1) is 11.8. The Balaban J connectivity index is 3.84. The SMILES string of the molecule is CCC(CCC(C)C)C(F)(F)F. The molecule has 0 N–H and O–H groups in total. The van der Waals surface area contributed by atoms with Gasteiger partial charge in [-0.05, 0) is 18.8 Å². The van der Waals surface area contributed by atoms with Gasteiger partial charge in [-0.3, -0.25) is 0 Å². The van der Waals surface area contributed by atoms with Crippen molar-refractivity contribution in [2.24, 2.45) is 11.8 Å². The van der Waals surface area contributed by atoms with Crippen LogP contribution in [0.4, 0.5) is 13.2 Å². The van der Waals surface area contributed by atoms with Gasteiger partial charge in [-0.15, -0.1) is 0 Å². The highest BCUT2D eigenvalue weighted by Crippen LogP contribution is 2.32. The van der Waals surface area contributed by atoms with Crippen LogP contribution in [0, 0.1) is 11.8 Å². The van der Waals surface area contributed by atoms with E-state index in [0.717, 1.165) is 0 Å². The fourth-order valence-corrected chi connectivity index (χ4v) is 1.13. The average molecular weight is 182 g/mol. The van der Waals surface area contributed by atoms with E-state index >= 15 is 0 Å². The zero-order valence-electron chi connectivity index (χ0n) is 7.91. The van der Waals surface area contributed by atoms with E-state index in [1.807, 2.05) is 13.8 Å². The van der Waals surface area contributed by atoms with Gasteiger partial charge in [0.2, 0.25) is 0 Å². The highest BCUT2D eigenvalue weighted by molar-refractivity contribution is 4.66. The molecule has 0 heterocycles. The fourth-order valence-electron chi connectivity index (χ4n) is 1.13. The smallest absolute Gasteiger partial charge is 0.171 e. The first-order valence-electron chi connectivity index (χ1n) is 4.44. The van der Waals surface area contributed by atoms with Crippen molar-refractivity contribution in [1.29, 1.82) is 0 Å². The molecule has 0 aliphatic rings. The van der Waals surface area contributed by atoms with Crippen molar-refractivity contribution in [3.05, 3.63) is 0 Å². The molecular weight excluding hydrogens is 165 g/mol. The van der Waals surface area contributed by atoms with E-state index in [1.165, 1.54) is 0 Å². The van der Waals surface area contributed by atoms with Gasteiger partial charge in [-0.25, -0.2) is 0 Å². The van der Waals surface area contributed by atoms with Crippen LogP contribution in [0.5, 0.6) is 0 Å². The summed E-state index contributed by atoms with van der Waals surface area (Å²) in [6.07, 6.45) is -2.85. The van der Waals surface area contributed by atoms with Gasteiger partial charge in [0.05, 0.1) is 5.92 Å². The van der Waals surface area contributed by atoms with E-state index in [1.54, 1.807) is 6.92 Å². The predicted molar refractivity (Wildman–Crippen MR) is 43.9 cm³/mol. The van der Waals surface area contributed by atoms with E-state index < -0.39 is 12.1 Å². The normalized spacial score (nSPS) is 15.2. The number of rotatable bonds is 4. The predicted octanol–water partition coefficient (Wildman–Crippen LogP) is 4.01. The molecule has 0 rings (SSSR count). The molecule has 0 aromatic heterocycles. The minimum absolute atomic E-state index is 0.205. The summed E-state index contributed by atoms with van der Waals surface area (Å²) in [5.74, 6) is -0.735. The van der Waals surface area contributed by atoms with Crippen LogP contribution in [0.25, 0.3) is 0 Å². The minimum atomic E-state index is -4.00. The van der Waals surface area contributed by atoms with Gasteiger partial charge >= 0.3 is 6.18 Å². The summed E-state index contributed by atoms with van der Waals surface area (Å²) in [7, 11) is 0. The molecule has 1 unspecified atom stereocenters. The van der Waals surface area contributed by atoms with Gasteiger partial charge < -0.3 is 0 Å². The topological polar surface area (TPSA) is 0 Å². The Morgan fingerprint density at radius 3 is 1.83 bits per heavy atom. The molecule has 1 atom stereocenters. The lowest BCUT2D eigenvalue weighted by atomic mass is 9.95. The summed E-state index contributed by atoms with van der Waals surface area (Å²) in [5.41, 5.74) is 0. The van der Waals surface area contributed by atoms with Crippen LogP contribution in [0.1, 0.15) is 40.0 Å². The van der Waals surface area contributed by atoms with Crippen LogP contribution in [0.2, 0.25) is 0 Å². The molecule has 0 fully saturated rings. The number of alkyl halides is 3. The molecule has 0 radical (unpaired) electrons. The molecule has 0 spiro atoms. The molecule has 0 bridgehead atoms.